The van der Waals surface area contributed by atoms with Gasteiger partial charge in [0.15, 0.2) is 0 Å². The van der Waals surface area contributed by atoms with Crippen molar-refractivity contribution in [2.75, 3.05) is 13.1 Å². The summed E-state index contributed by atoms with van der Waals surface area (Å²) in [5.41, 5.74) is -1.05. The van der Waals surface area contributed by atoms with Crippen molar-refractivity contribution in [1.82, 2.24) is 5.32 Å². The fraction of sp³-hybridized carbons (Fsp3) is 1.00. The Morgan fingerprint density at radius 1 is 0.895 bits per heavy atom. The Labute approximate surface area is 117 Å². The summed E-state index contributed by atoms with van der Waals surface area (Å²) in [6, 6.07) is 0. The van der Waals surface area contributed by atoms with Crippen molar-refractivity contribution in [3.63, 3.8) is 0 Å². The van der Waals surface area contributed by atoms with Crippen molar-refractivity contribution in [2.24, 2.45) is 5.92 Å². The molecule has 0 amide bonds. The van der Waals surface area contributed by atoms with E-state index in [1.807, 2.05) is 0 Å². The minimum Gasteiger partial charge on any atom is -0.389 e. The van der Waals surface area contributed by atoms with Crippen LogP contribution in [0.1, 0.15) is 71.1 Å². The highest BCUT2D eigenvalue weighted by molar-refractivity contribution is 4.90. The Kier molecular flexibility index (Phi) is 5.27. The Hall–Kier alpha value is -0.120. The molecule has 0 bridgehead atoms. The maximum Gasteiger partial charge on any atom is 0.0771 e. The number of hydrogen-bond acceptors (Lipinski definition) is 3. The molecule has 0 atom stereocenters. The highest BCUT2D eigenvalue weighted by Gasteiger charge is 2.34. The zero-order valence-corrected chi connectivity index (χ0v) is 12.5. The highest BCUT2D eigenvalue weighted by atomic mass is 16.3. The summed E-state index contributed by atoms with van der Waals surface area (Å²) in [5, 5.41) is 24.3. The topological polar surface area (TPSA) is 52.5 Å². The molecule has 3 nitrogen and oxygen atoms in total. The molecule has 2 saturated carbocycles. The van der Waals surface area contributed by atoms with E-state index < -0.39 is 11.2 Å². The minimum atomic E-state index is -0.531. The van der Waals surface area contributed by atoms with Gasteiger partial charge in [-0.15, -0.1) is 0 Å². The van der Waals surface area contributed by atoms with E-state index >= 15 is 0 Å². The van der Waals surface area contributed by atoms with E-state index in [2.05, 4.69) is 12.2 Å². The monoisotopic (exact) mass is 269 g/mol. The van der Waals surface area contributed by atoms with Gasteiger partial charge < -0.3 is 15.5 Å². The van der Waals surface area contributed by atoms with Crippen LogP contribution >= 0.6 is 0 Å². The second kappa shape index (κ2) is 6.55. The lowest BCUT2D eigenvalue weighted by atomic mass is 9.77. The van der Waals surface area contributed by atoms with Crippen molar-refractivity contribution in [1.29, 1.82) is 0 Å². The van der Waals surface area contributed by atoms with Crippen LogP contribution in [0.2, 0.25) is 0 Å². The Morgan fingerprint density at radius 2 is 1.42 bits per heavy atom. The molecule has 0 heterocycles. The van der Waals surface area contributed by atoms with Crippen molar-refractivity contribution in [3.8, 4) is 0 Å². The van der Waals surface area contributed by atoms with Crippen molar-refractivity contribution in [3.05, 3.63) is 0 Å². The lowest BCUT2D eigenvalue weighted by Crippen LogP contribution is -2.49. The third-order valence-electron chi connectivity index (χ3n) is 5.31. The summed E-state index contributed by atoms with van der Waals surface area (Å²) in [6.45, 7) is 3.53. The molecular formula is C16H31NO2. The molecule has 0 radical (unpaired) electrons. The van der Waals surface area contributed by atoms with E-state index in [1.165, 1.54) is 12.8 Å². The summed E-state index contributed by atoms with van der Waals surface area (Å²) in [5.74, 6) is 0.808. The average Bonchev–Trinajstić information content (AvgIpc) is 2.40. The number of hydrogen-bond donors (Lipinski definition) is 3. The van der Waals surface area contributed by atoms with Gasteiger partial charge in [-0.05, 0) is 44.4 Å². The summed E-state index contributed by atoms with van der Waals surface area (Å²) in [6.07, 6.45) is 10.7. The van der Waals surface area contributed by atoms with E-state index in [-0.39, 0.29) is 0 Å². The van der Waals surface area contributed by atoms with Crippen molar-refractivity contribution in [2.45, 2.75) is 82.3 Å². The Bertz CT molecular complexity index is 266. The van der Waals surface area contributed by atoms with Crippen LogP contribution in [0.15, 0.2) is 0 Å². The molecule has 112 valence electrons. The molecule has 2 fully saturated rings. The van der Waals surface area contributed by atoms with Crippen LogP contribution in [0.4, 0.5) is 0 Å². The van der Waals surface area contributed by atoms with Crippen LogP contribution in [-0.4, -0.2) is 34.5 Å². The van der Waals surface area contributed by atoms with Gasteiger partial charge in [0.2, 0.25) is 0 Å². The largest absolute Gasteiger partial charge is 0.389 e. The summed E-state index contributed by atoms with van der Waals surface area (Å²) in [7, 11) is 0. The zero-order valence-electron chi connectivity index (χ0n) is 12.5. The minimum absolute atomic E-state index is 0.519. The Balaban J connectivity index is 1.70. The van der Waals surface area contributed by atoms with Crippen LogP contribution in [-0.2, 0) is 0 Å². The molecule has 0 spiro atoms. The molecule has 0 unspecified atom stereocenters. The van der Waals surface area contributed by atoms with E-state index in [9.17, 15) is 10.2 Å². The van der Waals surface area contributed by atoms with E-state index in [0.29, 0.717) is 13.1 Å². The first-order valence-electron chi connectivity index (χ1n) is 8.21. The van der Waals surface area contributed by atoms with Crippen LogP contribution in [0.3, 0.4) is 0 Å². The van der Waals surface area contributed by atoms with Crippen LogP contribution in [0, 0.1) is 5.92 Å². The molecule has 0 aliphatic heterocycles. The van der Waals surface area contributed by atoms with Gasteiger partial charge in [-0.1, -0.05) is 32.6 Å². The molecule has 2 aliphatic carbocycles. The number of nitrogens with one attached hydrogen (secondary N) is 1. The fourth-order valence-corrected chi connectivity index (χ4v) is 3.71. The van der Waals surface area contributed by atoms with E-state index in [4.69, 9.17) is 0 Å². The molecule has 0 aromatic carbocycles. The molecule has 0 aromatic heterocycles. The second-order valence-corrected chi connectivity index (χ2v) is 6.96. The predicted molar refractivity (Wildman–Crippen MR) is 78.1 cm³/mol. The first-order chi connectivity index (χ1) is 9.05. The lowest BCUT2D eigenvalue weighted by Gasteiger charge is -2.38. The number of aliphatic hydroxyl groups is 2. The fourth-order valence-electron chi connectivity index (χ4n) is 3.71. The van der Waals surface area contributed by atoms with Crippen molar-refractivity contribution < 1.29 is 10.2 Å². The second-order valence-electron chi connectivity index (χ2n) is 6.96. The standard InChI is InChI=1S/C16H31NO2/c1-2-14-6-10-16(19,11-7-14)13-17-12-15(18)8-4-3-5-9-15/h14,17-19H,2-13H2,1H3. The molecule has 2 aliphatic rings. The van der Waals surface area contributed by atoms with Gasteiger partial charge in [0.05, 0.1) is 11.2 Å². The highest BCUT2D eigenvalue weighted by Crippen LogP contribution is 2.33. The lowest BCUT2D eigenvalue weighted by molar-refractivity contribution is -0.0252. The summed E-state index contributed by atoms with van der Waals surface area (Å²) >= 11 is 0. The van der Waals surface area contributed by atoms with Gasteiger partial charge in [0.25, 0.3) is 0 Å². The zero-order chi connectivity index (χ0) is 13.8. The third kappa shape index (κ3) is 4.44. The van der Waals surface area contributed by atoms with Gasteiger partial charge in [0, 0.05) is 13.1 Å². The molecule has 3 N–H and O–H groups in total. The summed E-state index contributed by atoms with van der Waals surface area (Å²) < 4.78 is 0. The van der Waals surface area contributed by atoms with Gasteiger partial charge in [0.1, 0.15) is 0 Å². The van der Waals surface area contributed by atoms with Crippen LogP contribution in [0.5, 0.6) is 0 Å². The molecule has 0 saturated heterocycles. The quantitative estimate of drug-likeness (QED) is 0.719. The first-order valence-corrected chi connectivity index (χ1v) is 8.21. The summed E-state index contributed by atoms with van der Waals surface area (Å²) in [4.78, 5) is 0. The van der Waals surface area contributed by atoms with Gasteiger partial charge >= 0.3 is 0 Å². The molecular weight excluding hydrogens is 238 g/mol. The van der Waals surface area contributed by atoms with Crippen LogP contribution < -0.4 is 5.32 Å². The van der Waals surface area contributed by atoms with E-state index in [0.717, 1.165) is 57.3 Å². The van der Waals surface area contributed by atoms with Crippen LogP contribution in [0.25, 0.3) is 0 Å². The first kappa shape index (κ1) is 15.3. The maximum absolute atomic E-state index is 10.6. The van der Waals surface area contributed by atoms with Crippen molar-refractivity contribution >= 4 is 0 Å². The van der Waals surface area contributed by atoms with Gasteiger partial charge in [-0.2, -0.15) is 0 Å². The van der Waals surface area contributed by atoms with Gasteiger partial charge in [-0.25, -0.2) is 0 Å². The molecule has 19 heavy (non-hydrogen) atoms. The average molecular weight is 269 g/mol. The number of rotatable bonds is 5. The van der Waals surface area contributed by atoms with Gasteiger partial charge in [-0.3, -0.25) is 0 Å². The smallest absolute Gasteiger partial charge is 0.0771 e. The molecule has 2 rings (SSSR count). The molecule has 0 aromatic rings. The Morgan fingerprint density at radius 3 is 1.95 bits per heavy atom. The maximum atomic E-state index is 10.6. The third-order valence-corrected chi connectivity index (χ3v) is 5.31. The molecule has 3 heteroatoms. The normalized spacial score (nSPS) is 35.2. The SMILES string of the molecule is CCC1CCC(O)(CNCC2(O)CCCCC2)CC1. The van der Waals surface area contributed by atoms with E-state index in [1.54, 1.807) is 0 Å². The predicted octanol–water partition coefficient (Wildman–Crippen LogP) is 2.60.